The Kier molecular flexibility index (Phi) is 11.5. The van der Waals surface area contributed by atoms with Crippen LogP contribution < -0.4 is 10.6 Å². The third kappa shape index (κ3) is 12.6. The van der Waals surface area contributed by atoms with Gasteiger partial charge in [-0.2, -0.15) is 18.3 Å². The maximum absolute atomic E-state index is 12.8. The maximum atomic E-state index is 12.8. The standard InChI is InChI=1S/C19H25F2N5O3.C5H9F3O.C3H6/c1-18(2,3)29-17(28)23-10-14-11-26-15(25-14)4-13(9-24-26)8-22-16(27)5-12-6-19(20,21)7-12;1-4(2,9-3)5(6,7)8;1-2-3-1/h4,9,11-12H,5-8,10H2,1-3H3,(H,22,27)(H,23,28);1-3H3;1-3H2. The monoisotopic (exact) mass is 593 g/mol. The highest BCUT2D eigenvalue weighted by molar-refractivity contribution is 5.76. The molecule has 2 amide bonds. The van der Waals surface area contributed by atoms with Crippen LogP contribution in [0.4, 0.5) is 26.7 Å². The van der Waals surface area contributed by atoms with Crippen LogP contribution in [0.1, 0.15) is 84.4 Å². The summed E-state index contributed by atoms with van der Waals surface area (Å²) in [6.45, 7) is 7.73. The molecule has 2 aromatic rings. The summed E-state index contributed by atoms with van der Waals surface area (Å²) in [6.07, 6.45) is 2.64. The number of imidazole rings is 1. The molecule has 0 aliphatic heterocycles. The summed E-state index contributed by atoms with van der Waals surface area (Å²) < 4.78 is 71.7. The molecule has 0 aromatic carbocycles. The van der Waals surface area contributed by atoms with E-state index in [4.69, 9.17) is 4.74 Å². The minimum absolute atomic E-state index is 0.106. The molecule has 9 nitrogen and oxygen atoms in total. The Labute approximate surface area is 236 Å². The third-order valence-corrected chi connectivity index (χ3v) is 5.92. The lowest BCUT2D eigenvalue weighted by Crippen LogP contribution is -2.40. The van der Waals surface area contributed by atoms with Crippen molar-refractivity contribution in [2.45, 2.75) is 110 Å². The summed E-state index contributed by atoms with van der Waals surface area (Å²) >= 11 is 0. The second kappa shape index (κ2) is 13.8. The molecule has 2 aliphatic rings. The number of hydrogen-bond donors (Lipinski definition) is 2. The number of rotatable bonds is 7. The van der Waals surface area contributed by atoms with Crippen molar-refractivity contribution in [2.75, 3.05) is 7.11 Å². The number of nitrogens with one attached hydrogen (secondary N) is 2. The van der Waals surface area contributed by atoms with Crippen molar-refractivity contribution in [2.24, 2.45) is 5.92 Å². The van der Waals surface area contributed by atoms with E-state index in [9.17, 15) is 31.5 Å². The number of carbonyl (C=O) groups is 2. The molecule has 41 heavy (non-hydrogen) atoms. The summed E-state index contributed by atoms with van der Waals surface area (Å²) in [5, 5.41) is 9.59. The normalized spacial score (nSPS) is 16.4. The molecule has 2 saturated carbocycles. The lowest BCUT2D eigenvalue weighted by Gasteiger charge is -2.34. The van der Waals surface area contributed by atoms with Crippen molar-refractivity contribution < 1.29 is 41.0 Å². The fourth-order valence-electron chi connectivity index (χ4n) is 3.20. The second-order valence-electron chi connectivity index (χ2n) is 11.6. The van der Waals surface area contributed by atoms with Gasteiger partial charge in [0.25, 0.3) is 0 Å². The number of hydrogen-bond acceptors (Lipinski definition) is 6. The molecule has 2 N–H and O–H groups in total. The van der Waals surface area contributed by atoms with Crippen LogP contribution in [-0.4, -0.2) is 57.0 Å². The maximum Gasteiger partial charge on any atom is 0.416 e. The SMILES string of the molecule is C1CC1.CC(C)(C)OC(=O)NCc1cn2ncc(CNC(=O)CC3CC(F)(F)C3)cc2n1.COC(C)(C)C(F)(F)F. The molecule has 2 fully saturated rings. The zero-order valence-electron chi connectivity index (χ0n) is 24.3. The highest BCUT2D eigenvalue weighted by Crippen LogP contribution is 2.43. The number of aromatic nitrogens is 3. The number of carbonyl (C=O) groups excluding carboxylic acids is 2. The minimum Gasteiger partial charge on any atom is -0.444 e. The van der Waals surface area contributed by atoms with E-state index < -0.39 is 29.4 Å². The van der Waals surface area contributed by atoms with Crippen molar-refractivity contribution in [1.82, 2.24) is 25.2 Å². The van der Waals surface area contributed by atoms with E-state index >= 15 is 0 Å². The van der Waals surface area contributed by atoms with Gasteiger partial charge in [-0.15, -0.1) is 0 Å². The molecule has 4 rings (SSSR count). The van der Waals surface area contributed by atoms with Gasteiger partial charge in [0.1, 0.15) is 5.60 Å². The number of nitrogens with zero attached hydrogens (tertiary/aromatic N) is 3. The van der Waals surface area contributed by atoms with Gasteiger partial charge in [-0.1, -0.05) is 19.3 Å². The quantitative estimate of drug-likeness (QED) is 0.385. The summed E-state index contributed by atoms with van der Waals surface area (Å²) in [7, 11) is 1.04. The number of amides is 2. The number of fused-ring (bicyclic) bond motifs is 1. The fraction of sp³-hybridized carbons (Fsp3) is 0.704. The van der Waals surface area contributed by atoms with E-state index in [2.05, 4.69) is 25.5 Å². The van der Waals surface area contributed by atoms with E-state index in [0.29, 0.717) is 11.3 Å². The number of methoxy groups -OCH3 is 1. The van der Waals surface area contributed by atoms with Crippen molar-refractivity contribution in [1.29, 1.82) is 0 Å². The highest BCUT2D eigenvalue weighted by Gasteiger charge is 2.47. The Morgan fingerprint density at radius 3 is 2.12 bits per heavy atom. The summed E-state index contributed by atoms with van der Waals surface area (Å²) in [5.74, 6) is -3.12. The van der Waals surface area contributed by atoms with Gasteiger partial charge in [-0.3, -0.25) is 4.79 Å². The van der Waals surface area contributed by atoms with Gasteiger partial charge in [-0.25, -0.2) is 23.1 Å². The van der Waals surface area contributed by atoms with Gasteiger partial charge in [0.15, 0.2) is 11.2 Å². The minimum atomic E-state index is -4.28. The van der Waals surface area contributed by atoms with Crippen LogP contribution in [0.5, 0.6) is 0 Å². The molecule has 0 bridgehead atoms. The molecule has 0 radical (unpaired) electrons. The first-order chi connectivity index (χ1) is 18.8. The Morgan fingerprint density at radius 1 is 1.05 bits per heavy atom. The molecule has 2 heterocycles. The van der Waals surface area contributed by atoms with Gasteiger partial charge >= 0.3 is 12.3 Å². The first-order valence-corrected chi connectivity index (χ1v) is 13.4. The number of ether oxygens (including phenoxy) is 2. The van der Waals surface area contributed by atoms with E-state index in [1.165, 1.54) is 19.3 Å². The zero-order valence-corrected chi connectivity index (χ0v) is 24.3. The van der Waals surface area contributed by atoms with Crippen LogP contribution in [0.15, 0.2) is 18.5 Å². The van der Waals surface area contributed by atoms with Crippen molar-refractivity contribution in [3.8, 4) is 0 Å². The van der Waals surface area contributed by atoms with Gasteiger partial charge in [0, 0.05) is 32.9 Å². The molecule has 232 valence electrons. The number of alkyl halides is 5. The van der Waals surface area contributed by atoms with Crippen LogP contribution in [0.3, 0.4) is 0 Å². The molecule has 14 heteroatoms. The number of halogens is 5. The van der Waals surface area contributed by atoms with Gasteiger partial charge in [0.05, 0.1) is 24.6 Å². The largest absolute Gasteiger partial charge is 0.444 e. The lowest BCUT2D eigenvalue weighted by molar-refractivity contribution is -0.255. The van der Waals surface area contributed by atoms with Crippen molar-refractivity contribution in [3.63, 3.8) is 0 Å². The van der Waals surface area contributed by atoms with Gasteiger partial charge < -0.3 is 20.1 Å². The van der Waals surface area contributed by atoms with Crippen LogP contribution >= 0.6 is 0 Å². The van der Waals surface area contributed by atoms with E-state index in [1.807, 2.05) is 0 Å². The number of alkyl carbamates (subject to hydrolysis) is 1. The lowest BCUT2D eigenvalue weighted by atomic mass is 9.79. The molecule has 2 aliphatic carbocycles. The Hall–Kier alpha value is -3.03. The van der Waals surface area contributed by atoms with Gasteiger partial charge in [-0.05, 0) is 52.2 Å². The summed E-state index contributed by atoms with van der Waals surface area (Å²) in [6, 6.07) is 1.77. The predicted molar refractivity (Wildman–Crippen MR) is 141 cm³/mol. The second-order valence-corrected chi connectivity index (χ2v) is 11.6. The van der Waals surface area contributed by atoms with Crippen molar-refractivity contribution >= 4 is 17.6 Å². The van der Waals surface area contributed by atoms with Gasteiger partial charge in [0.2, 0.25) is 11.8 Å². The molecule has 0 spiro atoms. The third-order valence-electron chi connectivity index (χ3n) is 5.92. The topological polar surface area (TPSA) is 107 Å². The molecule has 0 atom stereocenters. The van der Waals surface area contributed by atoms with E-state index in [-0.39, 0.29) is 44.2 Å². The summed E-state index contributed by atoms with van der Waals surface area (Å²) in [4.78, 5) is 28.0. The summed E-state index contributed by atoms with van der Waals surface area (Å²) in [5.41, 5.74) is -0.690. The zero-order chi connectivity index (χ0) is 31.1. The average molecular weight is 594 g/mol. The van der Waals surface area contributed by atoms with E-state index in [1.54, 1.807) is 43.7 Å². The van der Waals surface area contributed by atoms with Crippen LogP contribution in [-0.2, 0) is 27.4 Å². The Bertz CT molecular complexity index is 1150. The molecular formula is C27H40F5N5O4. The first kappa shape index (κ1) is 34.2. The van der Waals surface area contributed by atoms with Crippen LogP contribution in [0, 0.1) is 5.92 Å². The molecule has 2 aromatic heterocycles. The van der Waals surface area contributed by atoms with Crippen molar-refractivity contribution in [3.05, 3.63) is 29.7 Å². The first-order valence-electron chi connectivity index (χ1n) is 13.4. The Balaban J connectivity index is 0.000000408. The molecule has 0 unspecified atom stereocenters. The Morgan fingerprint density at radius 2 is 1.66 bits per heavy atom. The predicted octanol–water partition coefficient (Wildman–Crippen LogP) is 5.95. The van der Waals surface area contributed by atoms with Crippen LogP contribution in [0.2, 0.25) is 0 Å². The smallest absolute Gasteiger partial charge is 0.416 e. The fourth-order valence-corrected chi connectivity index (χ4v) is 3.20. The highest BCUT2D eigenvalue weighted by atomic mass is 19.4. The average Bonchev–Trinajstić information content (AvgIpc) is 3.65. The molecule has 0 saturated heterocycles. The van der Waals surface area contributed by atoms with Crippen LogP contribution in [0.25, 0.3) is 5.65 Å². The molecular weight excluding hydrogens is 553 g/mol. The van der Waals surface area contributed by atoms with E-state index in [0.717, 1.165) is 26.5 Å².